The molecular weight excluding hydrogens is 297 g/mol. The molecule has 0 aliphatic rings. The first-order valence-electron chi connectivity index (χ1n) is 6.44. The topological polar surface area (TPSA) is 38.7 Å². The fourth-order valence-corrected chi connectivity index (χ4v) is 2.18. The molecule has 118 valence electrons. The summed E-state index contributed by atoms with van der Waals surface area (Å²) in [6.07, 6.45) is -4.51. The third kappa shape index (κ3) is 3.17. The molecule has 0 atom stereocenters. The summed E-state index contributed by atoms with van der Waals surface area (Å²) in [6.45, 7) is -0.252. The first-order valence-corrected chi connectivity index (χ1v) is 6.44. The van der Waals surface area contributed by atoms with Gasteiger partial charge in [-0.2, -0.15) is 13.2 Å². The van der Waals surface area contributed by atoms with Crippen molar-refractivity contribution in [3.63, 3.8) is 0 Å². The number of hydrogen-bond acceptors (Lipinski definition) is 3. The SMILES string of the molecule is COc1ccc(-c2ccc(CO)c(OC)c2)c(C(F)(F)F)c1. The van der Waals surface area contributed by atoms with Crippen LogP contribution in [0.15, 0.2) is 36.4 Å². The third-order valence-corrected chi connectivity index (χ3v) is 3.30. The zero-order chi connectivity index (χ0) is 16.3. The Balaban J connectivity index is 2.61. The third-order valence-electron chi connectivity index (χ3n) is 3.30. The van der Waals surface area contributed by atoms with Crippen LogP contribution < -0.4 is 9.47 Å². The first kappa shape index (κ1) is 16.2. The standard InChI is InChI=1S/C16H15F3O3/c1-21-12-5-6-13(14(8-12)16(17,18)19)10-3-4-11(9-20)15(7-10)22-2/h3-8,20H,9H2,1-2H3. The number of aliphatic hydroxyl groups is 1. The van der Waals surface area contributed by atoms with Crippen molar-refractivity contribution in [1.29, 1.82) is 0 Å². The molecule has 0 spiro atoms. The van der Waals surface area contributed by atoms with Crippen molar-refractivity contribution >= 4 is 0 Å². The van der Waals surface area contributed by atoms with E-state index in [1.165, 1.54) is 38.5 Å². The van der Waals surface area contributed by atoms with E-state index in [0.29, 0.717) is 16.9 Å². The number of methoxy groups -OCH3 is 2. The molecule has 3 nitrogen and oxygen atoms in total. The molecular formula is C16H15F3O3. The maximum absolute atomic E-state index is 13.3. The summed E-state index contributed by atoms with van der Waals surface area (Å²) in [4.78, 5) is 0. The summed E-state index contributed by atoms with van der Waals surface area (Å²) in [5.41, 5.74) is 0.0964. The molecule has 0 saturated carbocycles. The Morgan fingerprint density at radius 3 is 2.27 bits per heavy atom. The summed E-state index contributed by atoms with van der Waals surface area (Å²) in [5.74, 6) is 0.471. The Bertz CT molecular complexity index is 666. The molecule has 1 N–H and O–H groups in total. The van der Waals surface area contributed by atoms with Crippen LogP contribution in [0.2, 0.25) is 0 Å². The van der Waals surface area contributed by atoms with Crippen LogP contribution in [0.1, 0.15) is 11.1 Å². The van der Waals surface area contributed by atoms with Gasteiger partial charge < -0.3 is 14.6 Å². The number of ether oxygens (including phenoxy) is 2. The molecule has 6 heteroatoms. The van der Waals surface area contributed by atoms with Gasteiger partial charge in [0.05, 0.1) is 26.4 Å². The Labute approximate surface area is 125 Å². The number of hydrogen-bond donors (Lipinski definition) is 1. The second kappa shape index (κ2) is 6.27. The van der Waals surface area contributed by atoms with E-state index in [-0.39, 0.29) is 17.9 Å². The van der Waals surface area contributed by atoms with E-state index in [0.717, 1.165) is 6.07 Å². The summed E-state index contributed by atoms with van der Waals surface area (Å²) < 4.78 is 49.7. The zero-order valence-electron chi connectivity index (χ0n) is 12.1. The van der Waals surface area contributed by atoms with E-state index >= 15 is 0 Å². The van der Waals surface area contributed by atoms with Gasteiger partial charge in [-0.3, -0.25) is 0 Å². The molecule has 0 aliphatic carbocycles. The molecule has 0 heterocycles. The van der Waals surface area contributed by atoms with Crippen molar-refractivity contribution < 1.29 is 27.8 Å². The minimum atomic E-state index is -4.51. The second-order valence-corrected chi connectivity index (χ2v) is 4.59. The van der Waals surface area contributed by atoms with Gasteiger partial charge in [-0.05, 0) is 29.3 Å². The normalized spacial score (nSPS) is 11.4. The molecule has 2 aromatic rings. The van der Waals surface area contributed by atoms with Crippen LogP contribution in [0.4, 0.5) is 13.2 Å². The molecule has 0 bridgehead atoms. The lowest BCUT2D eigenvalue weighted by atomic mass is 9.97. The largest absolute Gasteiger partial charge is 0.497 e. The van der Waals surface area contributed by atoms with Crippen molar-refractivity contribution in [2.75, 3.05) is 14.2 Å². The van der Waals surface area contributed by atoms with Crippen LogP contribution in [0, 0.1) is 0 Å². The summed E-state index contributed by atoms with van der Waals surface area (Å²) in [5, 5.41) is 9.19. The van der Waals surface area contributed by atoms with Gasteiger partial charge in [0, 0.05) is 5.56 Å². The number of aliphatic hydroxyl groups excluding tert-OH is 1. The lowest BCUT2D eigenvalue weighted by molar-refractivity contribution is -0.137. The van der Waals surface area contributed by atoms with Crippen LogP contribution in [0.25, 0.3) is 11.1 Å². The predicted octanol–water partition coefficient (Wildman–Crippen LogP) is 3.88. The van der Waals surface area contributed by atoms with Gasteiger partial charge in [-0.25, -0.2) is 0 Å². The highest BCUT2D eigenvalue weighted by atomic mass is 19.4. The van der Waals surface area contributed by atoms with Crippen LogP contribution >= 0.6 is 0 Å². The summed E-state index contributed by atoms with van der Waals surface area (Å²) in [6, 6.07) is 8.32. The molecule has 0 fully saturated rings. The van der Waals surface area contributed by atoms with Crippen molar-refractivity contribution in [2.45, 2.75) is 12.8 Å². The molecule has 0 radical (unpaired) electrons. The van der Waals surface area contributed by atoms with Crippen LogP contribution in [-0.4, -0.2) is 19.3 Å². The Morgan fingerprint density at radius 2 is 1.73 bits per heavy atom. The molecule has 0 amide bonds. The van der Waals surface area contributed by atoms with Crippen molar-refractivity contribution in [2.24, 2.45) is 0 Å². The van der Waals surface area contributed by atoms with Crippen LogP contribution in [-0.2, 0) is 12.8 Å². The van der Waals surface area contributed by atoms with Gasteiger partial charge in [0.25, 0.3) is 0 Å². The lowest BCUT2D eigenvalue weighted by Gasteiger charge is -2.16. The molecule has 2 rings (SSSR count). The highest BCUT2D eigenvalue weighted by molar-refractivity contribution is 5.71. The average molecular weight is 312 g/mol. The molecule has 22 heavy (non-hydrogen) atoms. The summed E-state index contributed by atoms with van der Waals surface area (Å²) >= 11 is 0. The van der Waals surface area contributed by atoms with Crippen LogP contribution in [0.3, 0.4) is 0 Å². The smallest absolute Gasteiger partial charge is 0.417 e. The molecule has 2 aromatic carbocycles. The Morgan fingerprint density at radius 1 is 1.00 bits per heavy atom. The van der Waals surface area contributed by atoms with Gasteiger partial charge in [0.2, 0.25) is 0 Å². The van der Waals surface area contributed by atoms with Crippen LogP contribution in [0.5, 0.6) is 11.5 Å². The van der Waals surface area contributed by atoms with E-state index in [1.54, 1.807) is 6.07 Å². The highest BCUT2D eigenvalue weighted by Crippen LogP contribution is 2.40. The maximum Gasteiger partial charge on any atom is 0.417 e. The van der Waals surface area contributed by atoms with Gasteiger partial charge in [0.15, 0.2) is 0 Å². The monoisotopic (exact) mass is 312 g/mol. The van der Waals surface area contributed by atoms with Gasteiger partial charge in [-0.1, -0.05) is 18.2 Å². The minimum absolute atomic E-state index is 0.0242. The molecule has 0 saturated heterocycles. The number of alkyl halides is 3. The molecule has 0 aromatic heterocycles. The zero-order valence-corrected chi connectivity index (χ0v) is 12.1. The lowest BCUT2D eigenvalue weighted by Crippen LogP contribution is -2.07. The number of benzene rings is 2. The predicted molar refractivity (Wildman–Crippen MR) is 75.9 cm³/mol. The van der Waals surface area contributed by atoms with E-state index in [9.17, 15) is 18.3 Å². The highest BCUT2D eigenvalue weighted by Gasteiger charge is 2.34. The van der Waals surface area contributed by atoms with E-state index in [4.69, 9.17) is 9.47 Å². The fraction of sp³-hybridized carbons (Fsp3) is 0.250. The Hall–Kier alpha value is -2.21. The maximum atomic E-state index is 13.3. The van der Waals surface area contributed by atoms with Crippen molar-refractivity contribution in [1.82, 2.24) is 0 Å². The second-order valence-electron chi connectivity index (χ2n) is 4.59. The summed E-state index contributed by atoms with van der Waals surface area (Å²) in [7, 11) is 2.71. The van der Waals surface area contributed by atoms with Crippen molar-refractivity contribution in [3.8, 4) is 22.6 Å². The fourth-order valence-electron chi connectivity index (χ4n) is 2.18. The van der Waals surface area contributed by atoms with Crippen molar-refractivity contribution in [3.05, 3.63) is 47.5 Å². The van der Waals surface area contributed by atoms with E-state index in [2.05, 4.69) is 0 Å². The molecule has 0 unspecified atom stereocenters. The Kier molecular flexibility index (Phi) is 4.61. The minimum Gasteiger partial charge on any atom is -0.497 e. The van der Waals surface area contributed by atoms with Gasteiger partial charge in [-0.15, -0.1) is 0 Å². The average Bonchev–Trinajstić information content (AvgIpc) is 2.52. The first-order chi connectivity index (χ1) is 10.4. The van der Waals surface area contributed by atoms with E-state index < -0.39 is 11.7 Å². The molecule has 0 aliphatic heterocycles. The number of rotatable bonds is 4. The van der Waals surface area contributed by atoms with Gasteiger partial charge >= 0.3 is 6.18 Å². The van der Waals surface area contributed by atoms with Gasteiger partial charge in [0.1, 0.15) is 11.5 Å². The quantitative estimate of drug-likeness (QED) is 0.931. The number of halogens is 3. The van der Waals surface area contributed by atoms with E-state index in [1.807, 2.05) is 0 Å².